The van der Waals surface area contributed by atoms with Crippen LogP contribution in [-0.4, -0.2) is 23.4 Å². The highest BCUT2D eigenvalue weighted by Crippen LogP contribution is 2.39. The van der Waals surface area contributed by atoms with Gasteiger partial charge in [0.25, 0.3) is 0 Å². The van der Waals surface area contributed by atoms with Gasteiger partial charge in [-0.25, -0.2) is 0 Å². The summed E-state index contributed by atoms with van der Waals surface area (Å²) in [5.41, 5.74) is 8.54. The van der Waals surface area contributed by atoms with E-state index in [9.17, 15) is 5.11 Å². The third-order valence-corrected chi connectivity index (χ3v) is 3.89. The summed E-state index contributed by atoms with van der Waals surface area (Å²) in [6, 6.07) is 5.49. The standard InChI is InChI=1S/C15H23NO2/c1-9(2)18-13-7-10-5-6-11(17)8-12(10)15(3,4)14(13)16/h5-6,8-9,13-14,17H,7,16H2,1-4H3/t13-,14+/m1/s1. The molecule has 1 aliphatic rings. The second-order valence-corrected chi connectivity index (χ2v) is 6.02. The van der Waals surface area contributed by atoms with Crippen molar-refractivity contribution in [1.82, 2.24) is 0 Å². The summed E-state index contributed by atoms with van der Waals surface area (Å²) >= 11 is 0. The third-order valence-electron chi connectivity index (χ3n) is 3.89. The SMILES string of the molecule is CC(C)O[C@@H]1Cc2ccc(O)cc2C(C)(C)[C@H]1N. The minimum Gasteiger partial charge on any atom is -0.508 e. The fourth-order valence-electron chi connectivity index (χ4n) is 2.81. The summed E-state index contributed by atoms with van der Waals surface area (Å²) in [5.74, 6) is 0.303. The van der Waals surface area contributed by atoms with Crippen LogP contribution in [0.2, 0.25) is 0 Å². The molecular weight excluding hydrogens is 226 g/mol. The maximum Gasteiger partial charge on any atom is 0.115 e. The summed E-state index contributed by atoms with van der Waals surface area (Å²) < 4.78 is 5.94. The first-order chi connectivity index (χ1) is 8.32. The average molecular weight is 249 g/mol. The van der Waals surface area contributed by atoms with Gasteiger partial charge in [-0.1, -0.05) is 19.9 Å². The molecule has 3 N–H and O–H groups in total. The first-order valence-electron chi connectivity index (χ1n) is 6.55. The molecular formula is C15H23NO2. The quantitative estimate of drug-likeness (QED) is 0.846. The zero-order chi connectivity index (χ0) is 13.5. The molecule has 1 aromatic carbocycles. The Morgan fingerprint density at radius 1 is 1.39 bits per heavy atom. The van der Waals surface area contributed by atoms with Gasteiger partial charge in [0.2, 0.25) is 0 Å². The number of hydrogen-bond donors (Lipinski definition) is 2. The Morgan fingerprint density at radius 3 is 2.67 bits per heavy atom. The van der Waals surface area contributed by atoms with Crippen molar-refractivity contribution in [1.29, 1.82) is 0 Å². The molecule has 0 amide bonds. The second-order valence-electron chi connectivity index (χ2n) is 6.02. The number of ether oxygens (including phenoxy) is 1. The molecule has 0 spiro atoms. The fourth-order valence-corrected chi connectivity index (χ4v) is 2.81. The van der Waals surface area contributed by atoms with Crippen molar-refractivity contribution >= 4 is 0 Å². The molecule has 3 heteroatoms. The smallest absolute Gasteiger partial charge is 0.115 e. The lowest BCUT2D eigenvalue weighted by Gasteiger charge is -2.43. The van der Waals surface area contributed by atoms with Crippen LogP contribution >= 0.6 is 0 Å². The van der Waals surface area contributed by atoms with Gasteiger partial charge in [-0.3, -0.25) is 0 Å². The van der Waals surface area contributed by atoms with Gasteiger partial charge in [0.15, 0.2) is 0 Å². The number of phenolic OH excluding ortho intramolecular Hbond substituents is 1. The molecule has 1 aliphatic carbocycles. The second kappa shape index (κ2) is 4.56. The Morgan fingerprint density at radius 2 is 2.06 bits per heavy atom. The Kier molecular flexibility index (Phi) is 3.39. The summed E-state index contributed by atoms with van der Waals surface area (Å²) in [6.45, 7) is 8.30. The summed E-state index contributed by atoms with van der Waals surface area (Å²) in [5, 5.41) is 9.65. The van der Waals surface area contributed by atoms with Crippen molar-refractivity contribution in [3.63, 3.8) is 0 Å². The van der Waals surface area contributed by atoms with E-state index in [-0.39, 0.29) is 23.7 Å². The minimum atomic E-state index is -0.189. The normalized spacial score (nSPS) is 26.1. The maximum atomic E-state index is 9.65. The van der Waals surface area contributed by atoms with Crippen molar-refractivity contribution < 1.29 is 9.84 Å². The van der Waals surface area contributed by atoms with Crippen LogP contribution < -0.4 is 5.73 Å². The molecule has 0 saturated carbocycles. The predicted octanol–water partition coefficient (Wildman–Crippen LogP) is 2.35. The summed E-state index contributed by atoms with van der Waals surface area (Å²) in [4.78, 5) is 0. The minimum absolute atomic E-state index is 0.0389. The lowest BCUT2D eigenvalue weighted by atomic mass is 9.68. The number of hydrogen-bond acceptors (Lipinski definition) is 3. The molecule has 2 atom stereocenters. The number of phenols is 1. The molecule has 100 valence electrons. The number of fused-ring (bicyclic) bond motifs is 1. The van der Waals surface area contributed by atoms with Gasteiger partial charge >= 0.3 is 0 Å². The van der Waals surface area contributed by atoms with E-state index < -0.39 is 0 Å². The van der Waals surface area contributed by atoms with Gasteiger partial charge in [0.1, 0.15) is 5.75 Å². The van der Waals surface area contributed by atoms with Crippen molar-refractivity contribution in [2.24, 2.45) is 5.73 Å². The largest absolute Gasteiger partial charge is 0.508 e. The van der Waals surface area contributed by atoms with Crippen LogP contribution in [0.5, 0.6) is 5.75 Å². The van der Waals surface area contributed by atoms with Crippen molar-refractivity contribution in [2.75, 3.05) is 0 Å². The molecule has 0 radical (unpaired) electrons. The molecule has 1 aromatic rings. The molecule has 2 rings (SSSR count). The number of rotatable bonds is 2. The zero-order valence-electron chi connectivity index (χ0n) is 11.6. The van der Waals surface area contributed by atoms with Crippen LogP contribution in [0.15, 0.2) is 18.2 Å². The fraction of sp³-hybridized carbons (Fsp3) is 0.600. The Labute approximate surface area is 109 Å². The van der Waals surface area contributed by atoms with Crippen molar-refractivity contribution in [3.05, 3.63) is 29.3 Å². The molecule has 0 heterocycles. The van der Waals surface area contributed by atoms with E-state index >= 15 is 0 Å². The molecule has 0 fully saturated rings. The molecule has 3 nitrogen and oxygen atoms in total. The van der Waals surface area contributed by atoms with Gasteiger partial charge < -0.3 is 15.6 Å². The maximum absolute atomic E-state index is 9.65. The van der Waals surface area contributed by atoms with E-state index in [4.69, 9.17) is 10.5 Å². The van der Waals surface area contributed by atoms with E-state index in [1.54, 1.807) is 6.07 Å². The van der Waals surface area contributed by atoms with Crippen LogP contribution in [0, 0.1) is 0 Å². The summed E-state index contributed by atoms with van der Waals surface area (Å²) in [7, 11) is 0. The van der Waals surface area contributed by atoms with Gasteiger partial charge in [-0.05, 0) is 37.1 Å². The molecule has 0 aliphatic heterocycles. The highest BCUT2D eigenvalue weighted by atomic mass is 16.5. The summed E-state index contributed by atoms with van der Waals surface area (Å²) in [6.07, 6.45) is 1.03. The van der Waals surface area contributed by atoms with E-state index in [1.807, 2.05) is 26.0 Å². The van der Waals surface area contributed by atoms with E-state index in [2.05, 4.69) is 13.8 Å². The molecule has 0 saturated heterocycles. The van der Waals surface area contributed by atoms with Gasteiger partial charge in [-0.2, -0.15) is 0 Å². The highest BCUT2D eigenvalue weighted by molar-refractivity contribution is 5.43. The molecule has 18 heavy (non-hydrogen) atoms. The van der Waals surface area contributed by atoms with Crippen molar-refractivity contribution in [3.8, 4) is 5.75 Å². The van der Waals surface area contributed by atoms with Crippen LogP contribution in [0.3, 0.4) is 0 Å². The predicted molar refractivity (Wildman–Crippen MR) is 72.8 cm³/mol. The number of benzene rings is 1. The van der Waals surface area contributed by atoms with E-state index in [0.717, 1.165) is 12.0 Å². The third kappa shape index (κ3) is 2.25. The lowest BCUT2D eigenvalue weighted by Crippen LogP contribution is -2.55. The van der Waals surface area contributed by atoms with Crippen LogP contribution in [0.25, 0.3) is 0 Å². The Bertz CT molecular complexity index is 440. The van der Waals surface area contributed by atoms with Crippen molar-refractivity contribution in [2.45, 2.75) is 57.8 Å². The lowest BCUT2D eigenvalue weighted by molar-refractivity contribution is -0.0242. The van der Waals surface area contributed by atoms with Crippen LogP contribution in [0.4, 0.5) is 0 Å². The van der Waals surface area contributed by atoms with Gasteiger partial charge in [-0.15, -0.1) is 0 Å². The first kappa shape index (κ1) is 13.4. The Hall–Kier alpha value is -1.06. The molecule has 0 unspecified atom stereocenters. The topological polar surface area (TPSA) is 55.5 Å². The number of aromatic hydroxyl groups is 1. The average Bonchev–Trinajstić information content (AvgIpc) is 2.27. The zero-order valence-corrected chi connectivity index (χ0v) is 11.6. The van der Waals surface area contributed by atoms with E-state index in [0.29, 0.717) is 5.75 Å². The highest BCUT2D eigenvalue weighted by Gasteiger charge is 2.41. The van der Waals surface area contributed by atoms with Gasteiger partial charge in [0, 0.05) is 17.9 Å². The monoisotopic (exact) mass is 249 g/mol. The van der Waals surface area contributed by atoms with E-state index in [1.165, 1.54) is 5.56 Å². The van der Waals surface area contributed by atoms with Crippen LogP contribution in [-0.2, 0) is 16.6 Å². The molecule has 0 aromatic heterocycles. The molecule has 0 bridgehead atoms. The Balaban J connectivity index is 2.40. The van der Waals surface area contributed by atoms with Gasteiger partial charge in [0.05, 0.1) is 12.2 Å². The van der Waals surface area contributed by atoms with Crippen LogP contribution in [0.1, 0.15) is 38.8 Å². The number of nitrogens with two attached hydrogens (primary N) is 1. The first-order valence-corrected chi connectivity index (χ1v) is 6.55.